The first-order valence-electron chi connectivity index (χ1n) is 20.2. The van der Waals surface area contributed by atoms with Gasteiger partial charge in [-0.1, -0.05) is 80.9 Å². The van der Waals surface area contributed by atoms with Crippen LogP contribution in [0.15, 0.2) is 24.3 Å². The van der Waals surface area contributed by atoms with Gasteiger partial charge in [0.05, 0.1) is 6.04 Å². The summed E-state index contributed by atoms with van der Waals surface area (Å²) in [6.07, 6.45) is 7.24. The lowest BCUT2D eigenvalue weighted by molar-refractivity contribution is -0.139. The van der Waals surface area contributed by atoms with Crippen molar-refractivity contribution in [3.05, 3.63) is 29.8 Å². The van der Waals surface area contributed by atoms with Crippen LogP contribution in [0.1, 0.15) is 126 Å². The Kier molecular flexibility index (Phi) is 42.0. The molecule has 3 rings (SSSR count). The number of benzene rings is 1. The predicted octanol–water partition coefficient (Wildman–Crippen LogP) is 5.39. The average molecular weight is 796 g/mol. The first kappa shape index (κ1) is 58.3. The Morgan fingerprint density at radius 1 is 0.929 bits per heavy atom. The van der Waals surface area contributed by atoms with Gasteiger partial charge in [0, 0.05) is 44.0 Å². The maximum absolute atomic E-state index is 12.2. The number of likely N-dealkylation sites (tertiary alicyclic amines) is 2. The molecule has 15 heteroatoms. The van der Waals surface area contributed by atoms with Crippen molar-refractivity contribution in [3.8, 4) is 0 Å². The largest absolute Gasteiger partial charge is 0.463 e. The van der Waals surface area contributed by atoms with Gasteiger partial charge < -0.3 is 41.8 Å². The first-order valence-corrected chi connectivity index (χ1v) is 20.2. The number of primary amides is 2. The van der Waals surface area contributed by atoms with Gasteiger partial charge in [-0.2, -0.15) is 0 Å². The molecule has 15 nitrogen and oxygen atoms in total. The quantitative estimate of drug-likeness (QED) is 0.0724. The van der Waals surface area contributed by atoms with Crippen LogP contribution in [-0.2, 0) is 40.1 Å². The fraction of sp³-hybridized carbons (Fsp3) is 0.683. The third kappa shape index (κ3) is 33.0. The number of aldehydes is 1. The van der Waals surface area contributed by atoms with E-state index in [1.807, 2.05) is 55.4 Å². The highest BCUT2D eigenvalue weighted by molar-refractivity contribution is 6.03. The van der Waals surface area contributed by atoms with Crippen molar-refractivity contribution < 1.29 is 38.3 Å². The van der Waals surface area contributed by atoms with Gasteiger partial charge in [0.2, 0.25) is 23.6 Å². The normalized spacial score (nSPS) is 14.1. The summed E-state index contributed by atoms with van der Waals surface area (Å²) in [4.78, 5) is 79.5. The van der Waals surface area contributed by atoms with E-state index in [1.54, 1.807) is 38.2 Å². The summed E-state index contributed by atoms with van der Waals surface area (Å²) < 4.78 is 4.65. The van der Waals surface area contributed by atoms with Crippen LogP contribution in [0, 0.1) is 11.8 Å². The molecule has 1 aromatic carbocycles. The average Bonchev–Trinajstić information content (AvgIpc) is 3.42. The molecular weight excluding hydrogens is 718 g/mol. The van der Waals surface area contributed by atoms with Crippen LogP contribution in [0.25, 0.3) is 0 Å². The Labute approximate surface area is 337 Å². The van der Waals surface area contributed by atoms with Crippen molar-refractivity contribution in [1.29, 1.82) is 0 Å². The molecule has 1 unspecified atom stereocenters. The molecule has 0 aliphatic carbocycles. The van der Waals surface area contributed by atoms with Gasteiger partial charge in [-0.15, -0.1) is 0 Å². The molecule has 2 saturated heterocycles. The summed E-state index contributed by atoms with van der Waals surface area (Å²) in [5.74, 6) is -0.252. The van der Waals surface area contributed by atoms with Gasteiger partial charge in [-0.25, -0.2) is 4.79 Å². The van der Waals surface area contributed by atoms with Gasteiger partial charge in [0.15, 0.2) is 0 Å². The fourth-order valence-corrected chi connectivity index (χ4v) is 4.46. The number of nitrogens with one attached hydrogen (secondary N) is 3. The zero-order valence-corrected chi connectivity index (χ0v) is 36.4. The SMILES string of the molecule is CC.CC.CC.CC(C)CC=O.CC1CC(=O)N(CCCCCC(N)=O)C1=O.CN1CCC1.CN[C@@H](CCCNC(N)=O)C(=O)Nc1ccc(COC=O)cc1. The highest BCUT2D eigenvalue weighted by Crippen LogP contribution is 2.19. The van der Waals surface area contributed by atoms with E-state index in [2.05, 4.69) is 32.6 Å². The zero-order chi connectivity index (χ0) is 43.9. The summed E-state index contributed by atoms with van der Waals surface area (Å²) >= 11 is 0. The highest BCUT2D eigenvalue weighted by atomic mass is 16.5. The van der Waals surface area contributed by atoms with E-state index >= 15 is 0 Å². The summed E-state index contributed by atoms with van der Waals surface area (Å²) in [6.45, 7) is 21.9. The Morgan fingerprint density at radius 2 is 1.50 bits per heavy atom. The molecule has 0 bridgehead atoms. The highest BCUT2D eigenvalue weighted by Gasteiger charge is 2.34. The van der Waals surface area contributed by atoms with Crippen molar-refractivity contribution >= 4 is 48.1 Å². The van der Waals surface area contributed by atoms with Crippen LogP contribution in [-0.4, -0.2) is 98.5 Å². The lowest BCUT2D eigenvalue weighted by atomic mass is 10.1. The van der Waals surface area contributed by atoms with E-state index in [0.29, 0.717) is 63.3 Å². The van der Waals surface area contributed by atoms with Crippen LogP contribution in [0.4, 0.5) is 10.5 Å². The molecule has 0 radical (unpaired) electrons. The molecule has 1 aromatic rings. The molecule has 324 valence electrons. The minimum Gasteiger partial charge on any atom is -0.463 e. The molecule has 2 aliphatic rings. The van der Waals surface area contributed by atoms with Crippen molar-refractivity contribution in [2.75, 3.05) is 45.6 Å². The number of ether oxygens (including phenoxy) is 1. The number of carbonyl (C=O) groups excluding carboxylic acids is 7. The van der Waals surface area contributed by atoms with Crippen molar-refractivity contribution in [1.82, 2.24) is 20.4 Å². The van der Waals surface area contributed by atoms with Crippen molar-refractivity contribution in [2.24, 2.45) is 23.3 Å². The second-order valence-corrected chi connectivity index (χ2v) is 12.6. The number of urea groups is 1. The first-order chi connectivity index (χ1) is 26.7. The number of nitrogens with zero attached hydrogens (tertiary/aromatic N) is 2. The van der Waals surface area contributed by atoms with Gasteiger partial charge in [0.25, 0.3) is 6.47 Å². The lowest BCUT2D eigenvalue weighted by Crippen LogP contribution is -2.39. The van der Waals surface area contributed by atoms with Crippen molar-refractivity contribution in [3.63, 3.8) is 0 Å². The smallest absolute Gasteiger partial charge is 0.312 e. The van der Waals surface area contributed by atoms with Gasteiger partial charge in [-0.05, 0) is 82.9 Å². The zero-order valence-electron chi connectivity index (χ0n) is 36.4. The Bertz CT molecular complexity index is 1180. The summed E-state index contributed by atoms with van der Waals surface area (Å²) in [5.41, 5.74) is 11.5. The Balaban J connectivity index is -0.000000351. The van der Waals surface area contributed by atoms with Crippen molar-refractivity contribution in [2.45, 2.75) is 133 Å². The number of imide groups is 1. The number of carbonyl (C=O) groups is 7. The van der Waals surface area contributed by atoms with E-state index < -0.39 is 6.03 Å². The van der Waals surface area contributed by atoms with Crippen LogP contribution in [0.2, 0.25) is 0 Å². The molecule has 7 N–H and O–H groups in total. The molecule has 2 fully saturated rings. The molecule has 2 heterocycles. The minimum atomic E-state index is -0.575. The van der Waals surface area contributed by atoms with Crippen LogP contribution in [0.3, 0.4) is 0 Å². The second kappa shape index (κ2) is 40.3. The Morgan fingerprint density at radius 3 is 1.88 bits per heavy atom. The van der Waals surface area contributed by atoms with E-state index in [9.17, 15) is 33.6 Å². The topological polar surface area (TPSA) is 223 Å². The molecule has 6 amide bonds. The molecule has 0 aromatic heterocycles. The summed E-state index contributed by atoms with van der Waals surface area (Å²) in [5, 5.41) is 8.22. The Hall–Kier alpha value is -4.37. The van der Waals surface area contributed by atoms with Crippen LogP contribution >= 0.6 is 0 Å². The maximum atomic E-state index is 12.2. The number of likely N-dealkylation sites (N-methyl/N-ethyl adjacent to an activating group) is 1. The number of amides is 6. The predicted molar refractivity (Wildman–Crippen MR) is 225 cm³/mol. The summed E-state index contributed by atoms with van der Waals surface area (Å²) in [6, 6.07) is 6.07. The molecule has 56 heavy (non-hydrogen) atoms. The molecule has 2 aliphatic heterocycles. The third-order valence-electron chi connectivity index (χ3n) is 7.59. The number of unbranched alkanes of at least 4 members (excludes halogenated alkanes) is 2. The second-order valence-electron chi connectivity index (χ2n) is 12.6. The standard InChI is InChI=1S/C15H22N4O4.C11H18N2O3.C5H10O.C4H9N.3C2H6/c1-17-13(3-2-8-18-15(16)22)14(21)19-12-6-4-11(5-7-12)9-23-10-20;1-8-7-10(15)13(11(8)16)6-4-2-3-5-9(12)14;1-5(2)3-4-6;1-5-3-2-4-5;3*1-2/h4-7,10,13,17H,2-3,8-9H2,1H3,(H,19,21)(H3,16,18,22);8H,2-7H2,1H3,(H2,12,14);4-5H,3H2,1-2H3;2-4H2,1H3;3*1-2H3/t13-;;;;;;/m0....../s1. The number of hydrogen-bond acceptors (Lipinski definition) is 10. The van der Waals surface area contributed by atoms with Gasteiger partial charge in [0.1, 0.15) is 12.9 Å². The van der Waals surface area contributed by atoms with Gasteiger partial charge >= 0.3 is 6.03 Å². The van der Waals surface area contributed by atoms with E-state index in [4.69, 9.17) is 11.5 Å². The number of nitrogens with two attached hydrogens (primary N) is 2. The number of anilines is 1. The van der Waals surface area contributed by atoms with E-state index in [1.165, 1.54) is 24.4 Å². The van der Waals surface area contributed by atoms with Crippen LogP contribution in [0.5, 0.6) is 0 Å². The fourth-order valence-electron chi connectivity index (χ4n) is 4.46. The molecule has 0 spiro atoms. The number of rotatable bonds is 18. The van der Waals surface area contributed by atoms with E-state index in [-0.39, 0.29) is 42.2 Å². The third-order valence-corrected chi connectivity index (χ3v) is 7.59. The monoisotopic (exact) mass is 796 g/mol. The summed E-state index contributed by atoms with van der Waals surface area (Å²) in [7, 11) is 3.84. The van der Waals surface area contributed by atoms with Crippen LogP contribution < -0.4 is 27.4 Å². The molecule has 2 atom stereocenters. The van der Waals surface area contributed by atoms with Gasteiger partial charge in [-0.3, -0.25) is 28.9 Å². The molecule has 0 saturated carbocycles. The maximum Gasteiger partial charge on any atom is 0.312 e. The number of hydrogen-bond donors (Lipinski definition) is 5. The lowest BCUT2D eigenvalue weighted by Gasteiger charge is -2.24. The van der Waals surface area contributed by atoms with E-state index in [0.717, 1.165) is 31.1 Å². The minimum absolute atomic E-state index is 0.0695. The molecular formula is C41H77N7O8.